The fraction of sp³-hybridized carbons (Fsp3) is 0.875. The highest BCUT2D eigenvalue weighted by Gasteiger charge is 2.16. The van der Waals surface area contributed by atoms with E-state index in [9.17, 15) is 13.2 Å². The predicted molar refractivity (Wildman–Crippen MR) is 61.9 cm³/mol. The molecule has 0 rings (SSSR count). The molecule has 0 fully saturated rings. The summed E-state index contributed by atoms with van der Waals surface area (Å²) in [5.41, 5.74) is 5.26. The SMILES string of the molecule is CC(C)S(=O)(=O)CCSCC(N)C(=O)O. The van der Waals surface area contributed by atoms with E-state index < -0.39 is 21.8 Å². The number of nitrogens with two attached hydrogens (primary N) is 1. The third-order valence-corrected chi connectivity index (χ3v) is 5.40. The average molecular weight is 255 g/mol. The number of sulfone groups is 1. The number of rotatable bonds is 7. The van der Waals surface area contributed by atoms with Gasteiger partial charge in [0.05, 0.1) is 11.0 Å². The Kier molecular flexibility index (Phi) is 6.23. The van der Waals surface area contributed by atoms with Crippen molar-refractivity contribution in [2.75, 3.05) is 17.3 Å². The number of hydrogen-bond donors (Lipinski definition) is 2. The van der Waals surface area contributed by atoms with Gasteiger partial charge in [-0.05, 0) is 13.8 Å². The summed E-state index contributed by atoms with van der Waals surface area (Å²) in [4.78, 5) is 10.3. The molecule has 0 aliphatic carbocycles. The number of carbonyl (C=O) groups is 1. The standard InChI is InChI=1S/C8H17NO4S2/c1-6(2)15(12,13)4-3-14-5-7(9)8(10)11/h6-7H,3-5,9H2,1-2H3,(H,10,11). The maximum Gasteiger partial charge on any atom is 0.321 e. The molecule has 1 unspecified atom stereocenters. The van der Waals surface area contributed by atoms with Gasteiger partial charge in [-0.25, -0.2) is 8.42 Å². The molecule has 0 aliphatic heterocycles. The molecule has 1 atom stereocenters. The topological polar surface area (TPSA) is 97.5 Å². The monoisotopic (exact) mass is 255 g/mol. The average Bonchev–Trinajstić information content (AvgIpc) is 2.11. The smallest absolute Gasteiger partial charge is 0.321 e. The highest BCUT2D eigenvalue weighted by molar-refractivity contribution is 8.00. The molecule has 15 heavy (non-hydrogen) atoms. The zero-order valence-corrected chi connectivity index (χ0v) is 10.5. The number of aliphatic carboxylic acids is 1. The van der Waals surface area contributed by atoms with Crippen LogP contribution < -0.4 is 5.73 Å². The van der Waals surface area contributed by atoms with E-state index >= 15 is 0 Å². The Bertz CT molecular complexity index is 300. The van der Waals surface area contributed by atoms with Crippen LogP contribution in [0.2, 0.25) is 0 Å². The fourth-order valence-electron chi connectivity index (χ4n) is 0.692. The van der Waals surface area contributed by atoms with Gasteiger partial charge < -0.3 is 10.8 Å². The Morgan fingerprint density at radius 3 is 2.40 bits per heavy atom. The molecule has 0 aliphatic rings. The normalized spacial score (nSPS) is 14.1. The molecule has 0 radical (unpaired) electrons. The van der Waals surface area contributed by atoms with E-state index in [1.165, 1.54) is 11.8 Å². The van der Waals surface area contributed by atoms with E-state index in [2.05, 4.69) is 0 Å². The predicted octanol–water partition coefficient (Wildman–Crippen LogP) is -0.0453. The van der Waals surface area contributed by atoms with Crippen molar-refractivity contribution in [2.24, 2.45) is 5.73 Å². The summed E-state index contributed by atoms with van der Waals surface area (Å²) in [6.45, 7) is 3.26. The van der Waals surface area contributed by atoms with Crippen LogP contribution in [-0.2, 0) is 14.6 Å². The van der Waals surface area contributed by atoms with Crippen molar-refractivity contribution in [2.45, 2.75) is 25.1 Å². The van der Waals surface area contributed by atoms with Crippen molar-refractivity contribution < 1.29 is 18.3 Å². The van der Waals surface area contributed by atoms with E-state index in [0.29, 0.717) is 5.75 Å². The first-order chi connectivity index (χ1) is 6.77. The van der Waals surface area contributed by atoms with E-state index in [4.69, 9.17) is 10.8 Å². The molecule has 0 amide bonds. The number of carboxylic acids is 1. The van der Waals surface area contributed by atoms with Gasteiger partial charge >= 0.3 is 5.97 Å². The summed E-state index contributed by atoms with van der Waals surface area (Å²) in [6.07, 6.45) is 0. The van der Waals surface area contributed by atoms with Crippen molar-refractivity contribution in [3.63, 3.8) is 0 Å². The van der Waals surface area contributed by atoms with Gasteiger partial charge in [-0.15, -0.1) is 0 Å². The van der Waals surface area contributed by atoms with Crippen LogP contribution in [0.4, 0.5) is 0 Å². The van der Waals surface area contributed by atoms with Crippen molar-refractivity contribution in [3.05, 3.63) is 0 Å². The Morgan fingerprint density at radius 1 is 1.47 bits per heavy atom. The third kappa shape index (κ3) is 6.01. The molecule has 90 valence electrons. The summed E-state index contributed by atoms with van der Waals surface area (Å²) in [5, 5.41) is 8.09. The van der Waals surface area contributed by atoms with Gasteiger partial charge in [0, 0.05) is 11.5 Å². The minimum Gasteiger partial charge on any atom is -0.480 e. The Balaban J connectivity index is 3.78. The van der Waals surface area contributed by atoms with Gasteiger partial charge in [-0.2, -0.15) is 11.8 Å². The maximum absolute atomic E-state index is 11.3. The van der Waals surface area contributed by atoms with Crippen LogP contribution in [0, 0.1) is 0 Å². The molecule has 5 nitrogen and oxygen atoms in total. The highest BCUT2D eigenvalue weighted by Crippen LogP contribution is 2.07. The van der Waals surface area contributed by atoms with Crippen LogP contribution in [0.15, 0.2) is 0 Å². The quantitative estimate of drug-likeness (QED) is 0.619. The van der Waals surface area contributed by atoms with Crippen LogP contribution in [0.5, 0.6) is 0 Å². The van der Waals surface area contributed by atoms with Crippen molar-refractivity contribution in [1.29, 1.82) is 0 Å². The first-order valence-electron chi connectivity index (χ1n) is 4.55. The Hall–Kier alpha value is -0.270. The van der Waals surface area contributed by atoms with E-state index in [0.717, 1.165) is 0 Å². The summed E-state index contributed by atoms with van der Waals surface area (Å²) < 4.78 is 22.7. The molecule has 0 saturated heterocycles. The molecule has 0 bridgehead atoms. The zero-order chi connectivity index (χ0) is 12.1. The molecule has 0 aromatic carbocycles. The van der Waals surface area contributed by atoms with Crippen molar-refractivity contribution >= 4 is 27.6 Å². The molecule has 0 spiro atoms. The third-order valence-electron chi connectivity index (χ3n) is 1.85. The number of carboxylic acid groups (broad SMARTS) is 1. The van der Waals surface area contributed by atoms with Gasteiger partial charge in [0.25, 0.3) is 0 Å². The second-order valence-corrected chi connectivity index (χ2v) is 7.26. The maximum atomic E-state index is 11.3. The van der Waals surface area contributed by atoms with E-state index in [1.807, 2.05) is 0 Å². The summed E-state index contributed by atoms with van der Waals surface area (Å²) in [7, 11) is -3.03. The molecule has 0 aromatic rings. The molecule has 7 heteroatoms. The molecular formula is C8H17NO4S2. The van der Waals surface area contributed by atoms with Gasteiger partial charge in [0.1, 0.15) is 6.04 Å². The molecule has 0 heterocycles. The van der Waals surface area contributed by atoms with E-state index in [-0.39, 0.29) is 16.8 Å². The minimum atomic E-state index is -3.03. The van der Waals surface area contributed by atoms with Crippen LogP contribution >= 0.6 is 11.8 Å². The Morgan fingerprint density at radius 2 is 2.00 bits per heavy atom. The summed E-state index contributed by atoms with van der Waals surface area (Å²) in [6, 6.07) is -0.920. The first kappa shape index (κ1) is 14.7. The van der Waals surface area contributed by atoms with Crippen LogP contribution in [0.25, 0.3) is 0 Å². The van der Waals surface area contributed by atoms with Gasteiger partial charge in [0.15, 0.2) is 9.84 Å². The zero-order valence-electron chi connectivity index (χ0n) is 8.84. The van der Waals surface area contributed by atoms with Crippen LogP contribution in [-0.4, -0.2) is 48.0 Å². The van der Waals surface area contributed by atoms with Gasteiger partial charge in [0.2, 0.25) is 0 Å². The largest absolute Gasteiger partial charge is 0.480 e. The lowest BCUT2D eigenvalue weighted by Crippen LogP contribution is -2.32. The number of thioether (sulfide) groups is 1. The minimum absolute atomic E-state index is 0.0711. The van der Waals surface area contributed by atoms with Crippen LogP contribution in [0.1, 0.15) is 13.8 Å². The molecule has 3 N–H and O–H groups in total. The first-order valence-corrected chi connectivity index (χ1v) is 7.42. The second-order valence-electron chi connectivity index (χ2n) is 3.44. The van der Waals surface area contributed by atoms with E-state index in [1.54, 1.807) is 13.8 Å². The Labute approximate surface area is 94.3 Å². The van der Waals surface area contributed by atoms with Gasteiger partial charge in [-0.1, -0.05) is 0 Å². The summed E-state index contributed by atoms with van der Waals surface area (Å²) in [5.74, 6) is -0.360. The van der Waals surface area contributed by atoms with Crippen molar-refractivity contribution in [1.82, 2.24) is 0 Å². The number of hydrogen-bond acceptors (Lipinski definition) is 5. The van der Waals surface area contributed by atoms with Crippen molar-refractivity contribution in [3.8, 4) is 0 Å². The molecule has 0 saturated carbocycles. The van der Waals surface area contributed by atoms with Crippen LogP contribution in [0.3, 0.4) is 0 Å². The lowest BCUT2D eigenvalue weighted by atomic mass is 10.4. The lowest BCUT2D eigenvalue weighted by molar-refractivity contribution is -0.137. The highest BCUT2D eigenvalue weighted by atomic mass is 32.2. The summed E-state index contributed by atoms with van der Waals surface area (Å²) >= 11 is 1.25. The van der Waals surface area contributed by atoms with Gasteiger partial charge in [-0.3, -0.25) is 4.79 Å². The second kappa shape index (κ2) is 6.34. The lowest BCUT2D eigenvalue weighted by Gasteiger charge is -2.08. The molecule has 0 aromatic heterocycles. The fourth-order valence-corrected chi connectivity index (χ4v) is 3.13. The molecular weight excluding hydrogens is 238 g/mol.